The number of ether oxygens (including phenoxy) is 1. The van der Waals surface area contributed by atoms with E-state index in [4.69, 9.17) is 4.74 Å². The number of carbonyl (C=O) groups excluding carboxylic acids is 1. The molecule has 0 aliphatic carbocycles. The van der Waals surface area contributed by atoms with Crippen LogP contribution in [0.5, 0.6) is 5.75 Å². The lowest BCUT2D eigenvalue weighted by Crippen LogP contribution is -2.05. The Kier molecular flexibility index (Phi) is 2.89. The van der Waals surface area contributed by atoms with E-state index in [1.54, 1.807) is 6.92 Å². The largest absolute Gasteiger partial charge is 0.504 e. The average molecular weight is 184 g/mol. The Hall–Kier alpha value is -1.52. The van der Waals surface area contributed by atoms with Gasteiger partial charge < -0.3 is 9.84 Å². The normalized spacial score (nSPS) is 10.0. The number of rotatable bonds is 3. The predicted molar refractivity (Wildman–Crippen MR) is 45.6 cm³/mol. The summed E-state index contributed by atoms with van der Waals surface area (Å²) < 4.78 is 4.70. The van der Waals surface area contributed by atoms with Gasteiger partial charge in [0.2, 0.25) is 0 Å². The van der Waals surface area contributed by atoms with Gasteiger partial charge in [0.05, 0.1) is 6.61 Å². The molecule has 0 aliphatic rings. The molecule has 0 saturated heterocycles. The molecule has 5 heteroatoms. The lowest BCUT2D eigenvalue weighted by Gasteiger charge is -1.98. The molecule has 1 aromatic heterocycles. The Morgan fingerprint density at radius 3 is 2.77 bits per heavy atom. The Balaban J connectivity index is 2.89. The van der Waals surface area contributed by atoms with E-state index in [2.05, 4.69) is 10.2 Å². The molecular weight excluding hydrogens is 172 g/mol. The molecule has 5 nitrogen and oxygen atoms in total. The van der Waals surface area contributed by atoms with E-state index in [0.29, 0.717) is 12.1 Å². The van der Waals surface area contributed by atoms with Crippen molar-refractivity contribution in [2.75, 3.05) is 6.61 Å². The van der Waals surface area contributed by atoms with Crippen molar-refractivity contribution in [1.82, 2.24) is 10.2 Å². The number of nitrogens with zero attached hydrogens (tertiary/aromatic N) is 1. The van der Waals surface area contributed by atoms with Crippen LogP contribution in [0.3, 0.4) is 0 Å². The molecule has 0 aliphatic heterocycles. The molecule has 0 bridgehead atoms. The molecule has 0 aromatic carbocycles. The number of H-pyrrole nitrogens is 1. The molecule has 0 spiro atoms. The molecule has 13 heavy (non-hydrogen) atoms. The van der Waals surface area contributed by atoms with Crippen molar-refractivity contribution in [2.24, 2.45) is 0 Å². The van der Waals surface area contributed by atoms with Gasteiger partial charge in [-0.15, -0.1) is 0 Å². The fraction of sp³-hybridized carbons (Fsp3) is 0.500. The molecule has 1 rings (SSSR count). The van der Waals surface area contributed by atoms with Gasteiger partial charge in [0, 0.05) is 0 Å². The molecule has 0 unspecified atom stereocenters. The minimum absolute atomic E-state index is 0.0266. The molecule has 0 radical (unpaired) electrons. The van der Waals surface area contributed by atoms with E-state index >= 15 is 0 Å². The number of aromatic nitrogens is 2. The summed E-state index contributed by atoms with van der Waals surface area (Å²) in [5.74, 6) is -0.687. The summed E-state index contributed by atoms with van der Waals surface area (Å²) in [5.41, 5.74) is 0.502. The fourth-order valence-electron chi connectivity index (χ4n) is 0.966. The Morgan fingerprint density at radius 2 is 2.31 bits per heavy atom. The van der Waals surface area contributed by atoms with Gasteiger partial charge in [-0.1, -0.05) is 6.92 Å². The zero-order valence-electron chi connectivity index (χ0n) is 7.63. The number of aromatic hydroxyl groups is 1. The average Bonchev–Trinajstić information content (AvgIpc) is 2.47. The zero-order chi connectivity index (χ0) is 9.84. The van der Waals surface area contributed by atoms with Crippen molar-refractivity contribution in [3.8, 4) is 5.75 Å². The number of aromatic amines is 1. The predicted octanol–water partition coefficient (Wildman–Crippen LogP) is 0.854. The van der Waals surface area contributed by atoms with Gasteiger partial charge in [0.25, 0.3) is 0 Å². The highest BCUT2D eigenvalue weighted by Crippen LogP contribution is 2.20. The minimum atomic E-state index is -0.577. The quantitative estimate of drug-likeness (QED) is 0.683. The summed E-state index contributed by atoms with van der Waals surface area (Å²) in [6, 6.07) is 0. The lowest BCUT2D eigenvalue weighted by atomic mass is 10.3. The van der Waals surface area contributed by atoms with Gasteiger partial charge >= 0.3 is 5.97 Å². The molecule has 0 saturated carbocycles. The van der Waals surface area contributed by atoms with Crippen molar-refractivity contribution in [2.45, 2.75) is 20.3 Å². The van der Waals surface area contributed by atoms with Crippen LogP contribution in [-0.2, 0) is 11.2 Å². The molecule has 0 fully saturated rings. The van der Waals surface area contributed by atoms with Crippen LogP contribution in [0.1, 0.15) is 30.0 Å². The van der Waals surface area contributed by atoms with E-state index in [9.17, 15) is 9.90 Å². The third-order valence-electron chi connectivity index (χ3n) is 1.63. The van der Waals surface area contributed by atoms with Crippen LogP contribution < -0.4 is 0 Å². The minimum Gasteiger partial charge on any atom is -0.504 e. The third kappa shape index (κ3) is 1.80. The second-order valence-electron chi connectivity index (χ2n) is 2.47. The maximum absolute atomic E-state index is 11.1. The second-order valence-corrected chi connectivity index (χ2v) is 2.47. The van der Waals surface area contributed by atoms with Crippen LogP contribution >= 0.6 is 0 Å². The Bertz CT molecular complexity index is 306. The summed E-state index contributed by atoms with van der Waals surface area (Å²) in [5, 5.41) is 15.6. The van der Waals surface area contributed by atoms with E-state index in [1.165, 1.54) is 0 Å². The van der Waals surface area contributed by atoms with E-state index in [-0.39, 0.29) is 18.1 Å². The van der Waals surface area contributed by atoms with Crippen molar-refractivity contribution in [1.29, 1.82) is 0 Å². The van der Waals surface area contributed by atoms with Crippen molar-refractivity contribution < 1.29 is 14.6 Å². The standard InChI is InChI=1S/C8H12N2O3/c1-3-5-7(11)6(10-9-5)8(12)13-4-2/h11H,3-4H2,1-2H3,(H,9,10). The number of esters is 1. The number of aryl methyl sites for hydroxylation is 1. The maximum atomic E-state index is 11.1. The van der Waals surface area contributed by atoms with E-state index < -0.39 is 5.97 Å². The summed E-state index contributed by atoms with van der Waals surface area (Å²) in [6.07, 6.45) is 0.571. The first-order valence-electron chi connectivity index (χ1n) is 4.14. The summed E-state index contributed by atoms with van der Waals surface area (Å²) in [7, 11) is 0. The highest BCUT2D eigenvalue weighted by molar-refractivity contribution is 5.90. The van der Waals surface area contributed by atoms with Crippen LogP contribution in [0.15, 0.2) is 0 Å². The number of nitrogens with one attached hydrogen (secondary N) is 1. The highest BCUT2D eigenvalue weighted by Gasteiger charge is 2.18. The monoisotopic (exact) mass is 184 g/mol. The van der Waals surface area contributed by atoms with Gasteiger partial charge in [0.1, 0.15) is 5.69 Å². The molecule has 2 N–H and O–H groups in total. The molecule has 1 aromatic rings. The van der Waals surface area contributed by atoms with Gasteiger partial charge in [-0.2, -0.15) is 5.10 Å². The van der Waals surface area contributed by atoms with Gasteiger partial charge in [-0.05, 0) is 13.3 Å². The molecule has 72 valence electrons. The fourth-order valence-corrected chi connectivity index (χ4v) is 0.966. The van der Waals surface area contributed by atoms with Crippen LogP contribution in [-0.4, -0.2) is 27.9 Å². The molecule has 1 heterocycles. The summed E-state index contributed by atoms with van der Waals surface area (Å²) in [6.45, 7) is 3.82. The first-order chi connectivity index (χ1) is 6.20. The number of carbonyl (C=O) groups is 1. The summed E-state index contributed by atoms with van der Waals surface area (Å²) >= 11 is 0. The van der Waals surface area contributed by atoms with Gasteiger partial charge in [-0.3, -0.25) is 5.10 Å². The second kappa shape index (κ2) is 3.93. The van der Waals surface area contributed by atoms with E-state index in [1.807, 2.05) is 6.92 Å². The van der Waals surface area contributed by atoms with Crippen molar-refractivity contribution in [3.05, 3.63) is 11.4 Å². The summed E-state index contributed by atoms with van der Waals surface area (Å²) in [4.78, 5) is 11.1. The van der Waals surface area contributed by atoms with E-state index in [0.717, 1.165) is 0 Å². The third-order valence-corrected chi connectivity index (χ3v) is 1.63. The van der Waals surface area contributed by atoms with Gasteiger partial charge in [-0.25, -0.2) is 4.79 Å². The van der Waals surface area contributed by atoms with Crippen LogP contribution in [0.2, 0.25) is 0 Å². The van der Waals surface area contributed by atoms with Gasteiger partial charge in [0.15, 0.2) is 11.4 Å². The smallest absolute Gasteiger partial charge is 0.360 e. The van der Waals surface area contributed by atoms with Crippen molar-refractivity contribution in [3.63, 3.8) is 0 Å². The van der Waals surface area contributed by atoms with Crippen molar-refractivity contribution >= 4 is 5.97 Å². The topological polar surface area (TPSA) is 75.2 Å². The SMILES string of the molecule is CCOC(=O)c1[nH]nc(CC)c1O. The van der Waals surface area contributed by atoms with Crippen LogP contribution in [0, 0.1) is 0 Å². The lowest BCUT2D eigenvalue weighted by molar-refractivity contribution is 0.0516. The number of hydrogen-bond donors (Lipinski definition) is 2. The molecule has 0 atom stereocenters. The first-order valence-corrected chi connectivity index (χ1v) is 4.14. The first kappa shape index (κ1) is 9.57. The maximum Gasteiger partial charge on any atom is 0.360 e. The van der Waals surface area contributed by atoms with Crippen LogP contribution in [0.4, 0.5) is 0 Å². The molecule has 0 amide bonds. The number of hydrogen-bond acceptors (Lipinski definition) is 4. The Morgan fingerprint density at radius 1 is 1.62 bits per heavy atom. The highest BCUT2D eigenvalue weighted by atomic mass is 16.5. The zero-order valence-corrected chi connectivity index (χ0v) is 7.63. The Labute approximate surface area is 75.7 Å². The van der Waals surface area contributed by atoms with Crippen LogP contribution in [0.25, 0.3) is 0 Å². The molecular formula is C8H12N2O3.